The molecule has 0 aromatic heterocycles. The minimum absolute atomic E-state index is 0.124. The Morgan fingerprint density at radius 1 is 1.28 bits per heavy atom. The Labute approximate surface area is 190 Å². The van der Waals surface area contributed by atoms with Crippen LogP contribution in [0.2, 0.25) is 0 Å². The highest BCUT2D eigenvalue weighted by atomic mass is 32.2. The number of piperidine rings is 1. The Balaban J connectivity index is 1.81. The number of halogens is 1. The summed E-state index contributed by atoms with van der Waals surface area (Å²) >= 11 is 0. The molecule has 3 rings (SSSR count). The molecular weight excluding hydrogens is 435 g/mol. The Kier molecular flexibility index (Phi) is 7.51. The number of ether oxygens (including phenoxy) is 1. The molecule has 1 aromatic carbocycles. The first-order valence-electron chi connectivity index (χ1n) is 11.2. The zero-order valence-corrected chi connectivity index (χ0v) is 20.1. The minimum Gasteiger partial charge on any atom is -0.444 e. The fourth-order valence-corrected chi connectivity index (χ4v) is 5.81. The molecule has 7 nitrogen and oxygen atoms in total. The van der Waals surface area contributed by atoms with Crippen LogP contribution in [-0.4, -0.2) is 65.9 Å². The van der Waals surface area contributed by atoms with Crippen molar-refractivity contribution in [1.29, 1.82) is 0 Å². The van der Waals surface area contributed by atoms with Gasteiger partial charge in [0.25, 0.3) is 0 Å². The van der Waals surface area contributed by atoms with Crippen LogP contribution in [0.3, 0.4) is 0 Å². The Hall–Kier alpha value is -1.71. The molecule has 180 valence electrons. The molecule has 0 saturated carbocycles. The van der Waals surface area contributed by atoms with E-state index in [1.165, 1.54) is 22.7 Å². The van der Waals surface area contributed by atoms with Crippen molar-refractivity contribution >= 4 is 16.1 Å². The zero-order valence-electron chi connectivity index (χ0n) is 19.3. The van der Waals surface area contributed by atoms with E-state index >= 15 is 0 Å². The summed E-state index contributed by atoms with van der Waals surface area (Å²) in [5.41, 5.74) is -0.276. The van der Waals surface area contributed by atoms with Gasteiger partial charge in [-0.25, -0.2) is 21.9 Å². The van der Waals surface area contributed by atoms with Crippen molar-refractivity contribution in [3.63, 3.8) is 0 Å². The van der Waals surface area contributed by atoms with Crippen LogP contribution in [0.15, 0.2) is 24.3 Å². The molecule has 2 aliphatic rings. The van der Waals surface area contributed by atoms with Crippen LogP contribution in [-0.2, 0) is 14.8 Å². The predicted molar refractivity (Wildman–Crippen MR) is 120 cm³/mol. The second-order valence-electron chi connectivity index (χ2n) is 10.1. The van der Waals surface area contributed by atoms with E-state index in [0.717, 1.165) is 12.8 Å². The van der Waals surface area contributed by atoms with Crippen molar-refractivity contribution in [3.05, 3.63) is 35.6 Å². The van der Waals surface area contributed by atoms with Crippen LogP contribution in [0, 0.1) is 11.7 Å². The Bertz CT molecular complexity index is 917. The lowest BCUT2D eigenvalue weighted by molar-refractivity contribution is -0.00757. The summed E-state index contributed by atoms with van der Waals surface area (Å²) < 4.78 is 44.9. The number of aliphatic hydroxyl groups is 1. The van der Waals surface area contributed by atoms with Crippen molar-refractivity contribution in [2.45, 2.75) is 76.7 Å². The van der Waals surface area contributed by atoms with E-state index in [1.807, 2.05) is 0 Å². The molecule has 0 aliphatic carbocycles. The average Bonchev–Trinajstić information content (AvgIpc) is 3.09. The normalized spacial score (nSPS) is 26.2. The molecule has 0 radical (unpaired) electrons. The van der Waals surface area contributed by atoms with Gasteiger partial charge >= 0.3 is 6.09 Å². The van der Waals surface area contributed by atoms with E-state index in [9.17, 15) is 22.7 Å². The van der Waals surface area contributed by atoms with Gasteiger partial charge in [0.05, 0.1) is 18.4 Å². The number of carbonyl (C=O) groups excluding carboxylic acids is 1. The highest BCUT2D eigenvalue weighted by Crippen LogP contribution is 2.38. The first-order valence-corrected chi connectivity index (χ1v) is 13.1. The molecule has 2 saturated heterocycles. The van der Waals surface area contributed by atoms with Gasteiger partial charge in [0.2, 0.25) is 10.0 Å². The molecule has 0 unspecified atom stereocenters. The first-order chi connectivity index (χ1) is 14.8. The maximum absolute atomic E-state index is 13.7. The topological polar surface area (TPSA) is 87.2 Å². The molecule has 2 heterocycles. The molecule has 0 bridgehead atoms. The van der Waals surface area contributed by atoms with E-state index in [1.54, 1.807) is 37.8 Å². The molecule has 32 heavy (non-hydrogen) atoms. The molecule has 9 heteroatoms. The number of hydrogen-bond acceptors (Lipinski definition) is 5. The molecule has 4 atom stereocenters. The second-order valence-corrected chi connectivity index (χ2v) is 12.0. The Morgan fingerprint density at radius 2 is 2.00 bits per heavy atom. The van der Waals surface area contributed by atoms with Gasteiger partial charge in [-0.3, -0.25) is 4.90 Å². The number of rotatable bonds is 5. The van der Waals surface area contributed by atoms with Gasteiger partial charge in [0.1, 0.15) is 11.4 Å². The highest BCUT2D eigenvalue weighted by molar-refractivity contribution is 7.88. The lowest BCUT2D eigenvalue weighted by Crippen LogP contribution is -2.48. The molecule has 2 aliphatic heterocycles. The SMILES string of the molecule is CC(C)(C)OC(=O)N1[C@H](C[C@H]2CCCN(S(C)(=O)=O)C2)CC[C@@H]1[C@@H](O)c1cccc(F)c1. The molecular formula is C23H35FN2O5S. The third-order valence-electron chi connectivity index (χ3n) is 6.26. The first kappa shape index (κ1) is 24.9. The van der Waals surface area contributed by atoms with Crippen molar-refractivity contribution in [3.8, 4) is 0 Å². The summed E-state index contributed by atoms with van der Waals surface area (Å²) in [4.78, 5) is 14.8. The van der Waals surface area contributed by atoms with Crippen molar-refractivity contribution in [2.75, 3.05) is 19.3 Å². The largest absolute Gasteiger partial charge is 0.444 e. The maximum atomic E-state index is 13.7. The summed E-state index contributed by atoms with van der Waals surface area (Å²) in [6.07, 6.45) is 3.23. The summed E-state index contributed by atoms with van der Waals surface area (Å²) in [7, 11) is -3.26. The number of carbonyl (C=O) groups is 1. The van der Waals surface area contributed by atoms with Gasteiger partial charge < -0.3 is 9.84 Å². The summed E-state index contributed by atoms with van der Waals surface area (Å²) in [6, 6.07) is 5.08. The number of sulfonamides is 1. The lowest BCUT2D eigenvalue weighted by Gasteiger charge is -2.37. The lowest BCUT2D eigenvalue weighted by atomic mass is 9.91. The number of amides is 1. The van der Waals surface area contributed by atoms with Gasteiger partial charge in [0, 0.05) is 19.1 Å². The van der Waals surface area contributed by atoms with Crippen LogP contribution in [0.25, 0.3) is 0 Å². The smallest absolute Gasteiger partial charge is 0.410 e. The van der Waals surface area contributed by atoms with Crippen LogP contribution in [0.4, 0.5) is 9.18 Å². The van der Waals surface area contributed by atoms with Crippen LogP contribution in [0.1, 0.15) is 64.5 Å². The number of nitrogens with zero attached hydrogens (tertiary/aromatic N) is 2. The van der Waals surface area contributed by atoms with Crippen molar-refractivity contribution in [2.24, 2.45) is 5.92 Å². The van der Waals surface area contributed by atoms with Gasteiger partial charge in [-0.15, -0.1) is 0 Å². The third-order valence-corrected chi connectivity index (χ3v) is 7.53. The summed E-state index contributed by atoms with van der Waals surface area (Å²) in [6.45, 7) is 6.34. The number of hydrogen-bond donors (Lipinski definition) is 1. The van der Waals surface area contributed by atoms with Gasteiger partial charge in [-0.1, -0.05) is 12.1 Å². The fraction of sp³-hybridized carbons (Fsp3) is 0.696. The molecule has 2 fully saturated rings. The van der Waals surface area contributed by atoms with Crippen LogP contribution in [0.5, 0.6) is 0 Å². The van der Waals surface area contributed by atoms with Crippen LogP contribution < -0.4 is 0 Å². The van der Waals surface area contributed by atoms with Gasteiger partial charge in [0.15, 0.2) is 0 Å². The maximum Gasteiger partial charge on any atom is 0.410 e. The quantitative estimate of drug-likeness (QED) is 0.709. The predicted octanol–water partition coefficient (Wildman–Crippen LogP) is 3.69. The summed E-state index contributed by atoms with van der Waals surface area (Å²) in [5, 5.41) is 11.0. The van der Waals surface area contributed by atoms with E-state index in [0.29, 0.717) is 37.9 Å². The van der Waals surface area contributed by atoms with Crippen molar-refractivity contribution < 1.29 is 27.4 Å². The number of likely N-dealkylation sites (tertiary alicyclic amines) is 1. The molecule has 1 amide bonds. The van der Waals surface area contributed by atoms with Gasteiger partial charge in [-0.2, -0.15) is 0 Å². The zero-order chi connectivity index (χ0) is 23.7. The van der Waals surface area contributed by atoms with E-state index in [4.69, 9.17) is 4.74 Å². The average molecular weight is 471 g/mol. The van der Waals surface area contributed by atoms with E-state index in [2.05, 4.69) is 0 Å². The number of benzene rings is 1. The standard InChI is InChI=1S/C23H35FN2O5S/c1-23(2,3)31-22(28)26-19(13-16-7-6-12-25(15-16)32(4,29)30)10-11-20(26)21(27)17-8-5-9-18(24)14-17/h5,8-9,14,16,19-21,27H,6-7,10-13,15H2,1-4H3/t16-,19+,20-,21+/m1/s1. The minimum atomic E-state index is -3.26. The molecule has 1 aromatic rings. The molecule has 1 N–H and O–H groups in total. The Morgan fingerprint density at radius 3 is 2.62 bits per heavy atom. The molecule has 0 spiro atoms. The summed E-state index contributed by atoms with van der Waals surface area (Å²) in [5.74, 6) is -0.318. The van der Waals surface area contributed by atoms with E-state index in [-0.39, 0.29) is 12.0 Å². The monoisotopic (exact) mass is 470 g/mol. The van der Waals surface area contributed by atoms with E-state index < -0.39 is 39.7 Å². The van der Waals surface area contributed by atoms with Gasteiger partial charge in [-0.05, 0) is 76.5 Å². The second kappa shape index (κ2) is 9.65. The number of aliphatic hydroxyl groups excluding tert-OH is 1. The third kappa shape index (κ3) is 6.20. The highest BCUT2D eigenvalue weighted by Gasteiger charge is 2.44. The van der Waals surface area contributed by atoms with Crippen LogP contribution >= 0.6 is 0 Å². The fourth-order valence-electron chi connectivity index (χ4n) is 4.87. The van der Waals surface area contributed by atoms with Crippen molar-refractivity contribution in [1.82, 2.24) is 9.21 Å².